The van der Waals surface area contributed by atoms with Crippen molar-refractivity contribution in [3.8, 4) is 17.2 Å². The second-order valence-corrected chi connectivity index (χ2v) is 4.85. The highest BCUT2D eigenvalue weighted by Crippen LogP contribution is 2.35. The summed E-state index contributed by atoms with van der Waals surface area (Å²) in [6.07, 6.45) is 3.76. The van der Waals surface area contributed by atoms with Crippen molar-refractivity contribution in [2.45, 2.75) is 13.3 Å². The van der Waals surface area contributed by atoms with Gasteiger partial charge in [0, 0.05) is 24.3 Å². The van der Waals surface area contributed by atoms with Crippen LogP contribution in [0, 0.1) is 0 Å². The number of carbonyl (C=O) groups excluding carboxylic acids is 2. The molecule has 0 bridgehead atoms. The van der Waals surface area contributed by atoms with Gasteiger partial charge in [0.05, 0.1) is 27.9 Å². The van der Waals surface area contributed by atoms with Crippen molar-refractivity contribution in [1.29, 1.82) is 0 Å². The van der Waals surface area contributed by atoms with Crippen LogP contribution in [0.5, 0.6) is 17.2 Å². The zero-order chi connectivity index (χ0) is 17.9. The van der Waals surface area contributed by atoms with Gasteiger partial charge in [0.2, 0.25) is 11.8 Å². The molecule has 7 nitrogen and oxygen atoms in total. The molecule has 0 radical (unpaired) electrons. The van der Waals surface area contributed by atoms with Crippen molar-refractivity contribution < 1.29 is 23.8 Å². The third-order valence-electron chi connectivity index (χ3n) is 3.15. The van der Waals surface area contributed by atoms with Gasteiger partial charge in [0.1, 0.15) is 5.75 Å². The van der Waals surface area contributed by atoms with Gasteiger partial charge in [0.15, 0.2) is 11.5 Å². The summed E-state index contributed by atoms with van der Waals surface area (Å²) < 4.78 is 15.7. The molecule has 2 amide bonds. The van der Waals surface area contributed by atoms with E-state index in [2.05, 4.69) is 10.6 Å². The normalized spacial score (nSPS) is 10.3. The number of ether oxygens (including phenoxy) is 3. The Morgan fingerprint density at radius 3 is 2.21 bits per heavy atom. The predicted octanol–water partition coefficient (Wildman–Crippen LogP) is 1.37. The zero-order valence-electron chi connectivity index (χ0n) is 14.5. The standard InChI is InChI=1S/C17H24N2O5/c1-5-8-18-17(21)11-19-16(20)7-6-12-9-14(23-3)15(24-4)10-13(12)22-2/h6-7,9-10H,5,8,11H2,1-4H3,(H,18,21)(H,19,20)/b7-6+. The molecule has 0 saturated heterocycles. The summed E-state index contributed by atoms with van der Waals surface area (Å²) in [5, 5.41) is 5.19. The van der Waals surface area contributed by atoms with E-state index < -0.39 is 0 Å². The summed E-state index contributed by atoms with van der Waals surface area (Å²) in [6.45, 7) is 2.48. The Morgan fingerprint density at radius 2 is 1.62 bits per heavy atom. The molecule has 2 N–H and O–H groups in total. The highest BCUT2D eigenvalue weighted by molar-refractivity contribution is 5.94. The minimum absolute atomic E-state index is 0.0633. The SMILES string of the molecule is CCCNC(=O)CNC(=O)/C=C/c1cc(OC)c(OC)cc1OC. The van der Waals surface area contributed by atoms with Gasteiger partial charge >= 0.3 is 0 Å². The highest BCUT2D eigenvalue weighted by Gasteiger charge is 2.10. The van der Waals surface area contributed by atoms with Gasteiger partial charge in [-0.1, -0.05) is 6.92 Å². The summed E-state index contributed by atoms with van der Waals surface area (Å²) in [6, 6.07) is 3.38. The smallest absolute Gasteiger partial charge is 0.244 e. The summed E-state index contributed by atoms with van der Waals surface area (Å²) >= 11 is 0. The molecule has 1 aromatic carbocycles. The molecule has 0 fully saturated rings. The van der Waals surface area contributed by atoms with E-state index in [-0.39, 0.29) is 18.4 Å². The fourth-order valence-electron chi connectivity index (χ4n) is 1.90. The molecule has 0 aromatic heterocycles. The molecule has 0 spiro atoms. The topological polar surface area (TPSA) is 85.9 Å². The number of methoxy groups -OCH3 is 3. The van der Waals surface area contributed by atoms with Crippen LogP contribution in [0.2, 0.25) is 0 Å². The molecule has 0 heterocycles. The molecule has 1 rings (SSSR count). The second-order valence-electron chi connectivity index (χ2n) is 4.85. The zero-order valence-corrected chi connectivity index (χ0v) is 14.5. The Kier molecular flexibility index (Phi) is 8.18. The van der Waals surface area contributed by atoms with Gasteiger partial charge < -0.3 is 24.8 Å². The Morgan fingerprint density at radius 1 is 1.00 bits per heavy atom. The van der Waals surface area contributed by atoms with Crippen molar-refractivity contribution in [3.63, 3.8) is 0 Å². The summed E-state index contributed by atoms with van der Waals surface area (Å²) in [4.78, 5) is 23.2. The number of amides is 2. The lowest BCUT2D eigenvalue weighted by Crippen LogP contribution is -2.36. The lowest BCUT2D eigenvalue weighted by molar-refractivity contribution is -0.123. The van der Waals surface area contributed by atoms with Crippen molar-refractivity contribution in [1.82, 2.24) is 10.6 Å². The number of hydrogen-bond acceptors (Lipinski definition) is 5. The average molecular weight is 336 g/mol. The molecule has 0 aliphatic heterocycles. The minimum Gasteiger partial charge on any atom is -0.496 e. The maximum Gasteiger partial charge on any atom is 0.244 e. The second kappa shape index (κ2) is 10.1. The van der Waals surface area contributed by atoms with Crippen LogP contribution in [0.4, 0.5) is 0 Å². The van der Waals surface area contributed by atoms with Gasteiger partial charge in [-0.15, -0.1) is 0 Å². The fourth-order valence-corrected chi connectivity index (χ4v) is 1.90. The third kappa shape index (κ3) is 5.83. The number of benzene rings is 1. The molecule has 0 atom stereocenters. The highest BCUT2D eigenvalue weighted by atomic mass is 16.5. The first-order valence-corrected chi connectivity index (χ1v) is 7.58. The van der Waals surface area contributed by atoms with Crippen LogP contribution in [-0.4, -0.2) is 46.2 Å². The van der Waals surface area contributed by atoms with Crippen LogP contribution in [0.1, 0.15) is 18.9 Å². The van der Waals surface area contributed by atoms with E-state index in [1.807, 2.05) is 6.92 Å². The van der Waals surface area contributed by atoms with Crippen molar-refractivity contribution in [2.75, 3.05) is 34.4 Å². The first-order valence-electron chi connectivity index (χ1n) is 7.58. The first kappa shape index (κ1) is 19.3. The van der Waals surface area contributed by atoms with Gasteiger partial charge in [0.25, 0.3) is 0 Å². The minimum atomic E-state index is -0.376. The van der Waals surface area contributed by atoms with Gasteiger partial charge in [-0.05, 0) is 18.6 Å². The molecular formula is C17H24N2O5. The molecule has 24 heavy (non-hydrogen) atoms. The van der Waals surface area contributed by atoms with Crippen LogP contribution >= 0.6 is 0 Å². The van der Waals surface area contributed by atoms with E-state index >= 15 is 0 Å². The van der Waals surface area contributed by atoms with Crippen molar-refractivity contribution in [2.24, 2.45) is 0 Å². The third-order valence-corrected chi connectivity index (χ3v) is 3.15. The maximum atomic E-state index is 11.8. The summed E-state index contributed by atoms with van der Waals surface area (Å²) in [7, 11) is 4.58. The predicted molar refractivity (Wildman–Crippen MR) is 91.4 cm³/mol. The van der Waals surface area contributed by atoms with E-state index in [1.54, 1.807) is 18.2 Å². The molecule has 0 aliphatic rings. The lowest BCUT2D eigenvalue weighted by atomic mass is 10.1. The number of rotatable bonds is 9. The van der Waals surface area contributed by atoms with Gasteiger partial charge in [-0.2, -0.15) is 0 Å². The van der Waals surface area contributed by atoms with Crippen LogP contribution in [-0.2, 0) is 9.59 Å². The lowest BCUT2D eigenvalue weighted by Gasteiger charge is -2.12. The molecule has 7 heteroatoms. The quantitative estimate of drug-likeness (QED) is 0.665. The average Bonchev–Trinajstić information content (AvgIpc) is 2.61. The summed E-state index contributed by atoms with van der Waals surface area (Å²) in [5.41, 5.74) is 0.653. The van der Waals surface area contributed by atoms with Gasteiger partial charge in [-0.3, -0.25) is 9.59 Å². The maximum absolute atomic E-state index is 11.8. The van der Waals surface area contributed by atoms with Crippen LogP contribution in [0.3, 0.4) is 0 Å². The van der Waals surface area contributed by atoms with E-state index in [0.717, 1.165) is 6.42 Å². The monoisotopic (exact) mass is 336 g/mol. The molecule has 0 aliphatic carbocycles. The molecule has 0 unspecified atom stereocenters. The summed E-state index contributed by atoms with van der Waals surface area (Å²) in [5.74, 6) is 0.999. The van der Waals surface area contributed by atoms with E-state index in [1.165, 1.54) is 27.4 Å². The Bertz CT molecular complexity index is 599. The molecule has 0 saturated carbocycles. The van der Waals surface area contributed by atoms with Crippen molar-refractivity contribution in [3.05, 3.63) is 23.8 Å². The Labute approximate surface area is 142 Å². The fraction of sp³-hybridized carbons (Fsp3) is 0.412. The number of carbonyl (C=O) groups is 2. The number of nitrogens with one attached hydrogen (secondary N) is 2. The van der Waals surface area contributed by atoms with Crippen LogP contribution in [0.25, 0.3) is 6.08 Å². The largest absolute Gasteiger partial charge is 0.496 e. The molecule has 132 valence electrons. The van der Waals surface area contributed by atoms with Gasteiger partial charge in [-0.25, -0.2) is 0 Å². The molecular weight excluding hydrogens is 312 g/mol. The number of hydrogen-bond donors (Lipinski definition) is 2. The Hall–Kier alpha value is -2.70. The van der Waals surface area contributed by atoms with E-state index in [9.17, 15) is 9.59 Å². The van der Waals surface area contributed by atoms with Crippen LogP contribution < -0.4 is 24.8 Å². The van der Waals surface area contributed by atoms with Crippen LogP contribution in [0.15, 0.2) is 18.2 Å². The van der Waals surface area contributed by atoms with E-state index in [0.29, 0.717) is 29.4 Å². The van der Waals surface area contributed by atoms with Crippen molar-refractivity contribution >= 4 is 17.9 Å². The Balaban J connectivity index is 2.75. The van der Waals surface area contributed by atoms with E-state index in [4.69, 9.17) is 14.2 Å². The first-order chi connectivity index (χ1) is 11.5. The molecule has 1 aromatic rings.